The van der Waals surface area contributed by atoms with Gasteiger partial charge < -0.3 is 19.9 Å². The molecule has 2 fully saturated rings. The number of rotatable bonds is 7. The largest absolute Gasteiger partial charge is 0.381 e. The van der Waals surface area contributed by atoms with Crippen molar-refractivity contribution in [1.82, 2.24) is 19.4 Å². The standard InChI is InChI=1S/C21H35N5O3S/c1-4-29-17-18-9-10-25(16-18)21(22-2)23-15-19-7-5-6-8-20(19)30(27,28)26-13-11-24(3)12-14-26/h5-8,18H,4,9-17H2,1-3H3,(H,22,23). The number of likely N-dealkylation sites (tertiary alicyclic amines) is 1. The lowest BCUT2D eigenvalue weighted by molar-refractivity contribution is 0.114. The maximum atomic E-state index is 13.3. The number of piperazine rings is 1. The Morgan fingerprint density at radius 3 is 2.63 bits per heavy atom. The molecule has 2 aliphatic rings. The fourth-order valence-electron chi connectivity index (χ4n) is 4.02. The predicted molar refractivity (Wildman–Crippen MR) is 119 cm³/mol. The number of hydrogen-bond acceptors (Lipinski definition) is 5. The van der Waals surface area contributed by atoms with Crippen molar-refractivity contribution in [1.29, 1.82) is 0 Å². The smallest absolute Gasteiger partial charge is 0.243 e. The molecular formula is C21H35N5O3S. The van der Waals surface area contributed by atoms with E-state index in [2.05, 4.69) is 20.1 Å². The van der Waals surface area contributed by atoms with E-state index in [-0.39, 0.29) is 0 Å². The Hall–Kier alpha value is -1.68. The van der Waals surface area contributed by atoms with Gasteiger partial charge in [-0.2, -0.15) is 4.31 Å². The highest BCUT2D eigenvalue weighted by Gasteiger charge is 2.30. The summed E-state index contributed by atoms with van der Waals surface area (Å²) in [6, 6.07) is 7.27. The van der Waals surface area contributed by atoms with E-state index in [1.807, 2.05) is 26.1 Å². The van der Waals surface area contributed by atoms with Crippen LogP contribution in [0.5, 0.6) is 0 Å². The van der Waals surface area contributed by atoms with E-state index in [9.17, 15) is 8.42 Å². The van der Waals surface area contributed by atoms with Crippen molar-refractivity contribution in [3.05, 3.63) is 29.8 Å². The number of guanidine groups is 1. The molecule has 2 aliphatic heterocycles. The Kier molecular flexibility index (Phi) is 8.10. The molecule has 3 rings (SSSR count). The number of hydrogen-bond donors (Lipinski definition) is 1. The van der Waals surface area contributed by atoms with Crippen LogP contribution in [0.2, 0.25) is 0 Å². The van der Waals surface area contributed by atoms with Gasteiger partial charge in [0.05, 0.1) is 11.5 Å². The lowest BCUT2D eigenvalue weighted by Crippen LogP contribution is -2.47. The first-order valence-electron chi connectivity index (χ1n) is 10.8. The van der Waals surface area contributed by atoms with E-state index < -0.39 is 10.0 Å². The van der Waals surface area contributed by atoms with Gasteiger partial charge in [-0.05, 0) is 32.0 Å². The van der Waals surface area contributed by atoms with Gasteiger partial charge in [0.1, 0.15) is 0 Å². The van der Waals surface area contributed by atoms with Gasteiger partial charge in [-0.3, -0.25) is 4.99 Å². The summed E-state index contributed by atoms with van der Waals surface area (Å²) in [5.74, 6) is 1.31. The lowest BCUT2D eigenvalue weighted by atomic mass is 10.1. The van der Waals surface area contributed by atoms with Crippen molar-refractivity contribution in [2.45, 2.75) is 24.8 Å². The first kappa shape index (κ1) is 23.0. The molecule has 0 bridgehead atoms. The zero-order valence-electron chi connectivity index (χ0n) is 18.4. The van der Waals surface area contributed by atoms with Crippen molar-refractivity contribution < 1.29 is 13.2 Å². The average molecular weight is 438 g/mol. The topological polar surface area (TPSA) is 77.5 Å². The van der Waals surface area contributed by atoms with Gasteiger partial charge in [0.25, 0.3) is 0 Å². The van der Waals surface area contributed by atoms with Crippen molar-refractivity contribution in [3.63, 3.8) is 0 Å². The quantitative estimate of drug-likeness (QED) is 0.508. The average Bonchev–Trinajstić information content (AvgIpc) is 3.22. The number of benzene rings is 1. The van der Waals surface area contributed by atoms with Gasteiger partial charge in [-0.1, -0.05) is 18.2 Å². The minimum absolute atomic E-state index is 0.383. The van der Waals surface area contributed by atoms with Crippen LogP contribution in [0.25, 0.3) is 0 Å². The molecule has 9 heteroatoms. The monoisotopic (exact) mass is 437 g/mol. The fraction of sp³-hybridized carbons (Fsp3) is 0.667. The highest BCUT2D eigenvalue weighted by atomic mass is 32.2. The second-order valence-electron chi connectivity index (χ2n) is 7.98. The molecule has 168 valence electrons. The maximum Gasteiger partial charge on any atom is 0.243 e. The van der Waals surface area contributed by atoms with Crippen LogP contribution in [0.3, 0.4) is 0 Å². The molecule has 0 aromatic heterocycles. The minimum atomic E-state index is -3.51. The summed E-state index contributed by atoms with van der Waals surface area (Å²) in [6.45, 7) is 8.34. The first-order chi connectivity index (χ1) is 14.5. The summed E-state index contributed by atoms with van der Waals surface area (Å²) in [4.78, 5) is 9.17. The van der Waals surface area contributed by atoms with Crippen molar-refractivity contribution in [3.8, 4) is 0 Å². The van der Waals surface area contributed by atoms with E-state index in [0.717, 1.165) is 57.3 Å². The summed E-state index contributed by atoms with van der Waals surface area (Å²) in [5, 5.41) is 3.37. The molecule has 0 amide bonds. The zero-order valence-corrected chi connectivity index (χ0v) is 19.2. The van der Waals surface area contributed by atoms with Gasteiger partial charge in [0.15, 0.2) is 5.96 Å². The van der Waals surface area contributed by atoms with Gasteiger partial charge in [-0.15, -0.1) is 0 Å². The normalized spacial score (nSPS) is 21.9. The van der Waals surface area contributed by atoms with Gasteiger partial charge in [-0.25, -0.2) is 8.42 Å². The number of likely N-dealkylation sites (N-methyl/N-ethyl adjacent to an activating group) is 1. The Labute approximate surface area is 180 Å². The highest BCUT2D eigenvalue weighted by molar-refractivity contribution is 7.89. The van der Waals surface area contributed by atoms with Crippen LogP contribution >= 0.6 is 0 Å². The molecule has 30 heavy (non-hydrogen) atoms. The molecule has 1 unspecified atom stereocenters. The number of sulfonamides is 1. The Morgan fingerprint density at radius 1 is 1.20 bits per heavy atom. The van der Waals surface area contributed by atoms with E-state index >= 15 is 0 Å². The van der Waals surface area contributed by atoms with Crippen molar-refractivity contribution in [2.24, 2.45) is 10.9 Å². The molecule has 1 aromatic rings. The molecule has 0 saturated carbocycles. The first-order valence-corrected chi connectivity index (χ1v) is 12.2. The van der Waals surface area contributed by atoms with Crippen LogP contribution in [0, 0.1) is 5.92 Å². The van der Waals surface area contributed by atoms with Crippen LogP contribution in [-0.2, 0) is 21.3 Å². The number of nitrogens with one attached hydrogen (secondary N) is 1. The molecule has 2 heterocycles. The van der Waals surface area contributed by atoms with Gasteiger partial charge in [0, 0.05) is 65.4 Å². The molecule has 1 atom stereocenters. The Morgan fingerprint density at radius 2 is 1.93 bits per heavy atom. The fourth-order valence-corrected chi connectivity index (χ4v) is 5.67. The van der Waals surface area contributed by atoms with E-state index in [1.54, 1.807) is 23.5 Å². The second kappa shape index (κ2) is 10.6. The van der Waals surface area contributed by atoms with Crippen LogP contribution < -0.4 is 5.32 Å². The van der Waals surface area contributed by atoms with Crippen molar-refractivity contribution in [2.75, 3.05) is 66.6 Å². The molecule has 2 saturated heterocycles. The van der Waals surface area contributed by atoms with Crippen molar-refractivity contribution >= 4 is 16.0 Å². The number of ether oxygens (including phenoxy) is 1. The third kappa shape index (κ3) is 5.51. The van der Waals surface area contributed by atoms with Crippen LogP contribution in [-0.4, -0.2) is 95.1 Å². The molecule has 0 spiro atoms. The zero-order chi connectivity index (χ0) is 21.6. The van der Waals surface area contributed by atoms with Crippen LogP contribution in [0.1, 0.15) is 18.9 Å². The SMILES string of the molecule is CCOCC1CCN(C(=NC)NCc2ccccc2S(=O)(=O)N2CCN(C)CC2)C1. The molecule has 0 aliphatic carbocycles. The number of nitrogens with zero attached hydrogens (tertiary/aromatic N) is 4. The third-order valence-electron chi connectivity index (χ3n) is 5.84. The Balaban J connectivity index is 1.66. The summed E-state index contributed by atoms with van der Waals surface area (Å²) in [6.07, 6.45) is 1.08. The lowest BCUT2D eigenvalue weighted by Gasteiger charge is -2.32. The van der Waals surface area contributed by atoms with Gasteiger partial charge >= 0.3 is 0 Å². The molecule has 8 nitrogen and oxygen atoms in total. The molecule has 0 radical (unpaired) electrons. The molecular weight excluding hydrogens is 402 g/mol. The predicted octanol–water partition coefficient (Wildman–Crippen LogP) is 1.06. The molecule has 1 N–H and O–H groups in total. The van der Waals surface area contributed by atoms with E-state index in [0.29, 0.717) is 30.4 Å². The number of aliphatic imine (C=N–C) groups is 1. The van der Waals surface area contributed by atoms with Crippen LogP contribution in [0.4, 0.5) is 0 Å². The molecule has 1 aromatic carbocycles. The summed E-state index contributed by atoms with van der Waals surface area (Å²) >= 11 is 0. The Bertz CT molecular complexity index is 822. The summed E-state index contributed by atoms with van der Waals surface area (Å²) in [5.41, 5.74) is 0.766. The highest BCUT2D eigenvalue weighted by Crippen LogP contribution is 2.22. The van der Waals surface area contributed by atoms with Crippen LogP contribution in [0.15, 0.2) is 34.2 Å². The minimum Gasteiger partial charge on any atom is -0.381 e. The summed E-state index contributed by atoms with van der Waals surface area (Å²) in [7, 11) is 0.275. The van der Waals surface area contributed by atoms with E-state index in [1.165, 1.54) is 0 Å². The second-order valence-corrected chi connectivity index (χ2v) is 9.88. The third-order valence-corrected chi connectivity index (χ3v) is 7.84. The summed E-state index contributed by atoms with van der Waals surface area (Å²) < 4.78 is 33.7. The van der Waals surface area contributed by atoms with Gasteiger partial charge in [0.2, 0.25) is 10.0 Å². The maximum absolute atomic E-state index is 13.3. The van der Waals surface area contributed by atoms with E-state index in [4.69, 9.17) is 4.74 Å².